The number of H-pyrrole nitrogens is 1. The van der Waals surface area contributed by atoms with Gasteiger partial charge < -0.3 is 5.73 Å². The number of anilines is 1. The van der Waals surface area contributed by atoms with Gasteiger partial charge in [0.2, 0.25) is 0 Å². The fourth-order valence-electron chi connectivity index (χ4n) is 4.24. The molecule has 0 amide bonds. The molecular formula is C22H24ClN5O4S. The van der Waals surface area contributed by atoms with Crippen molar-refractivity contribution in [2.75, 3.05) is 11.5 Å². The van der Waals surface area contributed by atoms with Gasteiger partial charge in [0.25, 0.3) is 11.1 Å². The highest BCUT2D eigenvalue weighted by molar-refractivity contribution is 7.99. The summed E-state index contributed by atoms with van der Waals surface area (Å²) < 4.78 is 2.84. The van der Waals surface area contributed by atoms with Crippen molar-refractivity contribution < 1.29 is 4.79 Å². The molecule has 0 radical (unpaired) electrons. The third-order valence-electron chi connectivity index (χ3n) is 5.82. The van der Waals surface area contributed by atoms with Crippen molar-refractivity contribution in [2.45, 2.75) is 56.8 Å². The molecular weight excluding hydrogens is 466 g/mol. The molecule has 0 saturated heterocycles. The van der Waals surface area contributed by atoms with E-state index in [0.29, 0.717) is 27.5 Å². The van der Waals surface area contributed by atoms with Gasteiger partial charge in [-0.25, -0.2) is 9.78 Å². The standard InChI is InChI=1S/C22H24ClN5O4S/c1-2-9-27-18(24)17(19(30)26-21(27)32)16(29)11-33-22-25-15-10-12(23)7-8-14(15)20(31)28(22)13-5-3-4-6-13/h7-8,10,13H,2-6,9,11,24H2,1H3,(H,26,30,32). The normalized spacial score (nSPS) is 14.2. The molecule has 3 N–H and O–H groups in total. The first-order chi connectivity index (χ1) is 15.8. The topological polar surface area (TPSA) is 133 Å². The Bertz CT molecular complexity index is 1400. The zero-order valence-corrected chi connectivity index (χ0v) is 19.7. The fourth-order valence-corrected chi connectivity index (χ4v) is 5.35. The molecule has 1 fully saturated rings. The van der Waals surface area contributed by atoms with Crippen molar-refractivity contribution in [1.82, 2.24) is 19.1 Å². The lowest BCUT2D eigenvalue weighted by atomic mass is 10.2. The Morgan fingerprint density at radius 3 is 2.70 bits per heavy atom. The summed E-state index contributed by atoms with van der Waals surface area (Å²) >= 11 is 7.17. The predicted octanol–water partition coefficient (Wildman–Crippen LogP) is 2.98. The van der Waals surface area contributed by atoms with E-state index in [1.807, 2.05) is 6.92 Å². The second kappa shape index (κ2) is 9.56. The number of carbonyl (C=O) groups is 1. The molecule has 1 aliphatic carbocycles. The van der Waals surface area contributed by atoms with Crippen LogP contribution in [0.1, 0.15) is 55.4 Å². The van der Waals surface area contributed by atoms with Crippen molar-refractivity contribution in [3.63, 3.8) is 0 Å². The zero-order valence-electron chi connectivity index (χ0n) is 18.1. The van der Waals surface area contributed by atoms with Crippen molar-refractivity contribution in [3.8, 4) is 0 Å². The Morgan fingerprint density at radius 1 is 1.27 bits per heavy atom. The molecule has 9 nitrogen and oxygen atoms in total. The number of halogens is 1. The van der Waals surface area contributed by atoms with Gasteiger partial charge in [-0.3, -0.25) is 28.5 Å². The summed E-state index contributed by atoms with van der Waals surface area (Å²) in [6, 6.07) is 4.94. The number of thioether (sulfide) groups is 1. The average Bonchev–Trinajstić information content (AvgIpc) is 3.29. The summed E-state index contributed by atoms with van der Waals surface area (Å²) in [5.41, 5.74) is 4.57. The molecule has 1 saturated carbocycles. The largest absolute Gasteiger partial charge is 0.384 e. The van der Waals surface area contributed by atoms with Gasteiger partial charge >= 0.3 is 5.69 Å². The van der Waals surface area contributed by atoms with Crippen LogP contribution < -0.4 is 22.5 Å². The molecule has 33 heavy (non-hydrogen) atoms. The number of benzene rings is 1. The summed E-state index contributed by atoms with van der Waals surface area (Å²) in [5.74, 6) is -0.854. The van der Waals surface area contributed by atoms with Gasteiger partial charge in [0.1, 0.15) is 11.4 Å². The summed E-state index contributed by atoms with van der Waals surface area (Å²) in [5, 5.41) is 1.32. The molecule has 0 aliphatic heterocycles. The second-order valence-electron chi connectivity index (χ2n) is 8.05. The van der Waals surface area contributed by atoms with Crippen LogP contribution in [0.3, 0.4) is 0 Å². The van der Waals surface area contributed by atoms with Crippen molar-refractivity contribution in [3.05, 3.63) is 60.0 Å². The number of rotatable bonds is 7. The quantitative estimate of drug-likeness (QED) is 0.296. The fraction of sp³-hybridized carbons (Fsp3) is 0.409. The first-order valence-electron chi connectivity index (χ1n) is 10.8. The minimum absolute atomic E-state index is 0.00242. The van der Waals surface area contributed by atoms with Crippen LogP contribution in [0.4, 0.5) is 5.82 Å². The number of hydrogen-bond donors (Lipinski definition) is 2. The monoisotopic (exact) mass is 489 g/mol. The van der Waals surface area contributed by atoms with E-state index < -0.39 is 17.0 Å². The zero-order chi connectivity index (χ0) is 23.7. The van der Waals surface area contributed by atoms with Gasteiger partial charge in [-0.15, -0.1) is 0 Å². The number of nitrogen functional groups attached to an aromatic ring is 1. The molecule has 0 atom stereocenters. The van der Waals surface area contributed by atoms with E-state index in [4.69, 9.17) is 17.3 Å². The first kappa shape index (κ1) is 23.3. The lowest BCUT2D eigenvalue weighted by Gasteiger charge is -2.18. The molecule has 2 heterocycles. The third kappa shape index (κ3) is 4.49. The Morgan fingerprint density at radius 2 is 2.00 bits per heavy atom. The SMILES string of the molecule is CCCn1c(N)c(C(=O)CSc2nc3cc(Cl)ccc3c(=O)n2C2CCCC2)c(=O)[nH]c1=O. The van der Waals surface area contributed by atoms with Crippen LogP contribution in [0.5, 0.6) is 0 Å². The summed E-state index contributed by atoms with van der Waals surface area (Å²) in [6.45, 7) is 2.14. The van der Waals surface area contributed by atoms with E-state index in [2.05, 4.69) is 9.97 Å². The van der Waals surface area contributed by atoms with Gasteiger partial charge in [-0.05, 0) is 37.5 Å². The van der Waals surface area contributed by atoms with E-state index in [9.17, 15) is 19.2 Å². The first-order valence-corrected chi connectivity index (χ1v) is 12.2. The maximum absolute atomic E-state index is 13.3. The highest BCUT2D eigenvalue weighted by Crippen LogP contribution is 2.32. The lowest BCUT2D eigenvalue weighted by molar-refractivity contribution is 0.102. The van der Waals surface area contributed by atoms with Crippen molar-refractivity contribution in [1.29, 1.82) is 0 Å². The molecule has 0 bridgehead atoms. The van der Waals surface area contributed by atoms with Crippen LogP contribution in [-0.2, 0) is 6.54 Å². The molecule has 3 aromatic rings. The summed E-state index contributed by atoms with van der Waals surface area (Å²) in [6.07, 6.45) is 4.36. The smallest absolute Gasteiger partial charge is 0.329 e. The van der Waals surface area contributed by atoms with Gasteiger partial charge in [0.15, 0.2) is 10.9 Å². The molecule has 1 aromatic carbocycles. The van der Waals surface area contributed by atoms with E-state index >= 15 is 0 Å². The van der Waals surface area contributed by atoms with Crippen LogP contribution >= 0.6 is 23.4 Å². The Balaban J connectivity index is 1.73. The Hall–Kier alpha value is -2.85. The van der Waals surface area contributed by atoms with E-state index in [1.165, 1.54) is 4.57 Å². The maximum atomic E-state index is 13.3. The number of nitrogens with two attached hydrogens (primary N) is 1. The molecule has 2 aromatic heterocycles. The summed E-state index contributed by atoms with van der Waals surface area (Å²) in [4.78, 5) is 57.5. The Kier molecular flexibility index (Phi) is 6.76. The molecule has 1 aliphatic rings. The molecule has 174 valence electrons. The van der Waals surface area contributed by atoms with E-state index in [0.717, 1.165) is 37.4 Å². The highest BCUT2D eigenvalue weighted by Gasteiger charge is 2.25. The number of hydrogen-bond acceptors (Lipinski definition) is 7. The van der Waals surface area contributed by atoms with Crippen molar-refractivity contribution in [2.24, 2.45) is 0 Å². The summed E-state index contributed by atoms with van der Waals surface area (Å²) in [7, 11) is 0. The number of carbonyl (C=O) groups excluding carboxylic acids is 1. The molecule has 0 spiro atoms. The lowest BCUT2D eigenvalue weighted by Crippen LogP contribution is -2.36. The highest BCUT2D eigenvalue weighted by atomic mass is 35.5. The van der Waals surface area contributed by atoms with E-state index in [1.54, 1.807) is 22.8 Å². The minimum atomic E-state index is -0.818. The van der Waals surface area contributed by atoms with Crippen LogP contribution in [0.2, 0.25) is 5.02 Å². The van der Waals surface area contributed by atoms with Gasteiger partial charge in [-0.1, -0.05) is 43.1 Å². The van der Waals surface area contributed by atoms with E-state index in [-0.39, 0.29) is 35.3 Å². The van der Waals surface area contributed by atoms with Gasteiger partial charge in [-0.2, -0.15) is 0 Å². The number of nitrogens with one attached hydrogen (secondary N) is 1. The van der Waals surface area contributed by atoms with Gasteiger partial charge in [0.05, 0.1) is 16.7 Å². The molecule has 11 heteroatoms. The second-order valence-corrected chi connectivity index (χ2v) is 9.43. The third-order valence-corrected chi connectivity index (χ3v) is 7.01. The van der Waals surface area contributed by atoms with Crippen LogP contribution in [0.25, 0.3) is 10.9 Å². The Labute approximate surface area is 198 Å². The number of fused-ring (bicyclic) bond motifs is 1. The van der Waals surface area contributed by atoms with Crippen LogP contribution in [-0.4, -0.2) is 30.6 Å². The minimum Gasteiger partial charge on any atom is -0.384 e. The predicted molar refractivity (Wildman–Crippen MR) is 130 cm³/mol. The molecule has 0 unspecified atom stereocenters. The number of ketones is 1. The average molecular weight is 490 g/mol. The van der Waals surface area contributed by atoms with Crippen molar-refractivity contribution >= 4 is 45.9 Å². The van der Waals surface area contributed by atoms with Crippen LogP contribution in [0, 0.1) is 0 Å². The number of nitrogens with zero attached hydrogens (tertiary/aromatic N) is 3. The number of aromatic nitrogens is 4. The number of aromatic amines is 1. The van der Waals surface area contributed by atoms with Crippen LogP contribution in [0.15, 0.2) is 37.7 Å². The number of Topliss-reactive ketones (excluding diaryl/α,β-unsaturated/α-hetero) is 1. The maximum Gasteiger partial charge on any atom is 0.329 e. The molecule has 4 rings (SSSR count). The van der Waals surface area contributed by atoms with Gasteiger partial charge in [0, 0.05) is 17.6 Å².